The van der Waals surface area contributed by atoms with Crippen LogP contribution < -0.4 is 5.32 Å². The Labute approximate surface area is 130 Å². The van der Waals surface area contributed by atoms with E-state index in [1.807, 2.05) is 0 Å². The lowest BCUT2D eigenvalue weighted by molar-refractivity contribution is 0.589. The zero-order valence-corrected chi connectivity index (χ0v) is 13.5. The first kappa shape index (κ1) is 14.4. The number of aromatic nitrogens is 1. The van der Waals surface area contributed by atoms with Crippen molar-refractivity contribution in [3.05, 3.63) is 58.4 Å². The summed E-state index contributed by atoms with van der Waals surface area (Å²) in [6.45, 7) is 6.34. The molecular weight excluding hydrogens is 276 g/mol. The third kappa shape index (κ3) is 3.55. The maximum Gasteiger partial charge on any atom is 0.0480 e. The third-order valence-corrected chi connectivity index (χ3v) is 4.50. The summed E-state index contributed by atoms with van der Waals surface area (Å²) >= 11 is 1.77. The fourth-order valence-electron chi connectivity index (χ4n) is 2.56. The maximum absolute atomic E-state index is 3.47. The van der Waals surface area contributed by atoms with Gasteiger partial charge in [-0.2, -0.15) is 11.3 Å². The van der Waals surface area contributed by atoms with Gasteiger partial charge < -0.3 is 9.88 Å². The van der Waals surface area contributed by atoms with Crippen molar-refractivity contribution in [3.63, 3.8) is 0 Å². The van der Waals surface area contributed by atoms with E-state index in [-0.39, 0.29) is 0 Å². The molecule has 1 aromatic carbocycles. The van der Waals surface area contributed by atoms with Crippen LogP contribution in [0.5, 0.6) is 0 Å². The summed E-state index contributed by atoms with van der Waals surface area (Å²) in [6.07, 6.45) is 3.31. The SMILES string of the molecule is CC(C)NCc1ccc2c(ccn2CCc2ccsc2)c1. The molecule has 21 heavy (non-hydrogen) atoms. The third-order valence-electron chi connectivity index (χ3n) is 3.77. The molecule has 2 nitrogen and oxygen atoms in total. The highest BCUT2D eigenvalue weighted by Gasteiger charge is 2.03. The molecule has 3 heteroatoms. The van der Waals surface area contributed by atoms with Crippen molar-refractivity contribution in [1.82, 2.24) is 9.88 Å². The van der Waals surface area contributed by atoms with Gasteiger partial charge in [0.25, 0.3) is 0 Å². The van der Waals surface area contributed by atoms with E-state index < -0.39 is 0 Å². The lowest BCUT2D eigenvalue weighted by atomic mass is 10.1. The van der Waals surface area contributed by atoms with Crippen LogP contribution in [-0.4, -0.2) is 10.6 Å². The topological polar surface area (TPSA) is 17.0 Å². The summed E-state index contributed by atoms with van der Waals surface area (Å²) in [7, 11) is 0. The van der Waals surface area contributed by atoms with Crippen LogP contribution in [0.25, 0.3) is 10.9 Å². The maximum atomic E-state index is 3.47. The Morgan fingerprint density at radius 3 is 2.81 bits per heavy atom. The molecule has 0 aliphatic heterocycles. The van der Waals surface area contributed by atoms with Crippen molar-refractivity contribution in [2.75, 3.05) is 0 Å². The second-order valence-electron chi connectivity index (χ2n) is 5.82. The molecule has 0 atom stereocenters. The summed E-state index contributed by atoms with van der Waals surface area (Å²) in [5.74, 6) is 0. The van der Waals surface area contributed by atoms with Crippen molar-refractivity contribution in [3.8, 4) is 0 Å². The second kappa shape index (κ2) is 6.46. The number of nitrogens with one attached hydrogen (secondary N) is 1. The standard InChI is InChI=1S/C18H22N2S/c1-14(2)19-12-16-3-4-18-17(11-16)6-9-20(18)8-5-15-7-10-21-13-15/h3-4,6-7,9-11,13-14,19H,5,8,12H2,1-2H3. The molecule has 0 spiro atoms. The Hall–Kier alpha value is -1.58. The predicted octanol–water partition coefficient (Wildman–Crippen LogP) is 4.44. The first-order valence-corrected chi connectivity index (χ1v) is 8.49. The van der Waals surface area contributed by atoms with Crippen LogP contribution in [0.2, 0.25) is 0 Å². The molecule has 0 fully saturated rings. The van der Waals surface area contributed by atoms with Gasteiger partial charge >= 0.3 is 0 Å². The van der Waals surface area contributed by atoms with Gasteiger partial charge in [0, 0.05) is 30.8 Å². The second-order valence-corrected chi connectivity index (χ2v) is 6.60. The Morgan fingerprint density at radius 1 is 1.14 bits per heavy atom. The van der Waals surface area contributed by atoms with Crippen molar-refractivity contribution in [1.29, 1.82) is 0 Å². The Bertz CT molecular complexity index is 695. The predicted molar refractivity (Wildman–Crippen MR) is 91.9 cm³/mol. The van der Waals surface area contributed by atoms with Crippen molar-refractivity contribution >= 4 is 22.2 Å². The van der Waals surface area contributed by atoms with Gasteiger partial charge in [0.15, 0.2) is 0 Å². The van der Waals surface area contributed by atoms with Gasteiger partial charge in [0.2, 0.25) is 0 Å². The number of hydrogen-bond donors (Lipinski definition) is 1. The lowest BCUT2D eigenvalue weighted by Gasteiger charge is -2.09. The monoisotopic (exact) mass is 298 g/mol. The van der Waals surface area contributed by atoms with Crippen LogP contribution in [-0.2, 0) is 19.5 Å². The van der Waals surface area contributed by atoms with Crippen molar-refractivity contribution in [2.24, 2.45) is 0 Å². The van der Waals surface area contributed by atoms with Gasteiger partial charge in [-0.05, 0) is 58.0 Å². The highest BCUT2D eigenvalue weighted by molar-refractivity contribution is 7.07. The number of thiophene rings is 1. The van der Waals surface area contributed by atoms with Crippen molar-refractivity contribution in [2.45, 2.75) is 39.4 Å². The van der Waals surface area contributed by atoms with Gasteiger partial charge in [0.1, 0.15) is 0 Å². The Morgan fingerprint density at radius 2 is 2.05 bits per heavy atom. The largest absolute Gasteiger partial charge is 0.347 e. The number of benzene rings is 1. The van der Waals surface area contributed by atoms with Crippen LogP contribution in [0.4, 0.5) is 0 Å². The highest BCUT2D eigenvalue weighted by atomic mass is 32.1. The smallest absolute Gasteiger partial charge is 0.0480 e. The molecule has 0 bridgehead atoms. The minimum absolute atomic E-state index is 0.524. The molecule has 0 saturated carbocycles. The van der Waals surface area contributed by atoms with E-state index >= 15 is 0 Å². The minimum Gasteiger partial charge on any atom is -0.347 e. The first-order valence-electron chi connectivity index (χ1n) is 7.54. The average Bonchev–Trinajstić information content (AvgIpc) is 3.12. The Kier molecular flexibility index (Phi) is 4.42. The normalized spacial score (nSPS) is 11.6. The fraction of sp³-hybridized carbons (Fsp3) is 0.333. The highest BCUT2D eigenvalue weighted by Crippen LogP contribution is 2.19. The van der Waals surface area contributed by atoms with E-state index in [9.17, 15) is 0 Å². The van der Waals surface area contributed by atoms with E-state index in [1.165, 1.54) is 22.0 Å². The zero-order chi connectivity index (χ0) is 14.7. The average molecular weight is 298 g/mol. The van der Waals surface area contributed by atoms with Crippen molar-refractivity contribution < 1.29 is 0 Å². The van der Waals surface area contributed by atoms with E-state index in [4.69, 9.17) is 0 Å². The molecule has 2 aromatic heterocycles. The fourth-order valence-corrected chi connectivity index (χ4v) is 3.26. The van der Waals surface area contributed by atoms with Gasteiger partial charge in [-0.1, -0.05) is 19.9 Å². The summed E-state index contributed by atoms with van der Waals surface area (Å²) in [5, 5.41) is 9.20. The van der Waals surface area contributed by atoms with Crippen LogP contribution in [0.15, 0.2) is 47.3 Å². The minimum atomic E-state index is 0.524. The molecule has 1 N–H and O–H groups in total. The summed E-state index contributed by atoms with van der Waals surface area (Å²) in [5.41, 5.74) is 4.12. The number of aryl methyl sites for hydroxylation is 2. The summed E-state index contributed by atoms with van der Waals surface area (Å²) in [6, 6.07) is 11.7. The van der Waals surface area contributed by atoms with Gasteiger partial charge in [0.05, 0.1) is 0 Å². The number of nitrogens with zero attached hydrogens (tertiary/aromatic N) is 1. The zero-order valence-electron chi connectivity index (χ0n) is 12.7. The molecule has 3 rings (SSSR count). The quantitative estimate of drug-likeness (QED) is 0.711. The van der Waals surface area contributed by atoms with Crippen LogP contribution in [0.3, 0.4) is 0 Å². The number of fused-ring (bicyclic) bond motifs is 1. The molecule has 0 radical (unpaired) electrons. The number of hydrogen-bond acceptors (Lipinski definition) is 2. The molecule has 110 valence electrons. The van der Waals surface area contributed by atoms with Gasteiger partial charge in [-0.25, -0.2) is 0 Å². The Balaban J connectivity index is 1.73. The van der Waals surface area contributed by atoms with Crippen LogP contribution in [0, 0.1) is 0 Å². The van der Waals surface area contributed by atoms with Crippen LogP contribution >= 0.6 is 11.3 Å². The molecular formula is C18H22N2S. The van der Waals surface area contributed by atoms with E-state index in [0.29, 0.717) is 6.04 Å². The number of rotatable bonds is 6. The molecule has 0 aliphatic carbocycles. The molecule has 2 heterocycles. The molecule has 0 saturated heterocycles. The van der Waals surface area contributed by atoms with Crippen LogP contribution in [0.1, 0.15) is 25.0 Å². The summed E-state index contributed by atoms with van der Waals surface area (Å²) in [4.78, 5) is 0. The molecule has 3 aromatic rings. The summed E-state index contributed by atoms with van der Waals surface area (Å²) < 4.78 is 2.35. The lowest BCUT2D eigenvalue weighted by Crippen LogP contribution is -2.21. The van der Waals surface area contributed by atoms with E-state index in [2.05, 4.69) is 71.0 Å². The molecule has 0 amide bonds. The van der Waals surface area contributed by atoms with Gasteiger partial charge in [-0.3, -0.25) is 0 Å². The molecule has 0 unspecified atom stereocenters. The molecule has 0 aliphatic rings. The van der Waals surface area contributed by atoms with E-state index in [1.54, 1.807) is 11.3 Å². The first-order chi connectivity index (χ1) is 10.2. The van der Waals surface area contributed by atoms with E-state index in [0.717, 1.165) is 19.5 Å². The van der Waals surface area contributed by atoms with Gasteiger partial charge in [-0.15, -0.1) is 0 Å².